The van der Waals surface area contributed by atoms with Gasteiger partial charge in [0, 0.05) is 23.9 Å². The molecule has 31 heavy (non-hydrogen) atoms. The summed E-state index contributed by atoms with van der Waals surface area (Å²) in [6, 6.07) is 8.47. The van der Waals surface area contributed by atoms with Crippen molar-refractivity contribution in [3.8, 4) is 0 Å². The van der Waals surface area contributed by atoms with Crippen LogP contribution in [0.4, 0.5) is 0 Å². The zero-order valence-electron chi connectivity index (χ0n) is 19.9. The van der Waals surface area contributed by atoms with Crippen LogP contribution in [0.2, 0.25) is 6.04 Å². The average molecular weight is 459 g/mol. The van der Waals surface area contributed by atoms with Gasteiger partial charge in [0.2, 0.25) is 18.2 Å². The summed E-state index contributed by atoms with van der Waals surface area (Å²) in [4.78, 5) is 27.5. The third-order valence-corrected chi connectivity index (χ3v) is 9.84. The molecule has 0 aliphatic heterocycles. The zero-order chi connectivity index (χ0) is 23.3. The number of carbonyl (C=O) groups excluding carboxylic acids is 2. The van der Waals surface area contributed by atoms with E-state index in [9.17, 15) is 14.2 Å². The van der Waals surface area contributed by atoms with E-state index in [1.54, 1.807) is 0 Å². The van der Waals surface area contributed by atoms with Gasteiger partial charge in [-0.3, -0.25) is 9.59 Å². The molecular formula is C25H35O4PSi. The van der Waals surface area contributed by atoms with Crippen LogP contribution in [0.25, 0.3) is 0 Å². The molecule has 0 atom stereocenters. The maximum Gasteiger partial charge on any atom is 0.229 e. The largest absolute Gasteiger partial charge is 0.424 e. The van der Waals surface area contributed by atoms with Crippen LogP contribution in [0.1, 0.15) is 67.4 Å². The molecule has 0 unspecified atom stereocenters. The van der Waals surface area contributed by atoms with E-state index in [1.165, 1.54) is 0 Å². The number of carbonyl (C=O) groups is 2. The van der Waals surface area contributed by atoms with Crippen LogP contribution in [0.15, 0.2) is 24.3 Å². The Bertz CT molecular complexity index is 922. The van der Waals surface area contributed by atoms with Crippen molar-refractivity contribution < 1.29 is 18.6 Å². The molecule has 0 spiro atoms. The van der Waals surface area contributed by atoms with Crippen LogP contribution in [-0.4, -0.2) is 33.6 Å². The maximum atomic E-state index is 14.3. The monoisotopic (exact) mass is 458 g/mol. The summed E-state index contributed by atoms with van der Waals surface area (Å²) in [5, 5.41) is 0. The number of rotatable bonds is 10. The highest BCUT2D eigenvalue weighted by atomic mass is 31.2. The lowest BCUT2D eigenvalue weighted by Crippen LogP contribution is -2.18. The maximum absolute atomic E-state index is 14.3. The Labute approximate surface area is 189 Å². The van der Waals surface area contributed by atoms with Crippen LogP contribution in [0, 0.1) is 41.5 Å². The molecule has 0 aromatic heterocycles. The minimum atomic E-state index is -3.84. The number of aryl methyl sites for hydroxylation is 6. The molecule has 0 bridgehead atoms. The second-order valence-corrected chi connectivity index (χ2v) is 12.8. The molecule has 0 heterocycles. The van der Waals surface area contributed by atoms with Crippen molar-refractivity contribution in [3.05, 3.63) is 68.8 Å². The topological polar surface area (TPSA) is 60.4 Å². The quantitative estimate of drug-likeness (QED) is 0.256. The van der Waals surface area contributed by atoms with Gasteiger partial charge in [0.1, 0.15) is 0 Å². The van der Waals surface area contributed by atoms with Gasteiger partial charge in [0.15, 0.2) is 9.76 Å². The lowest BCUT2D eigenvalue weighted by atomic mass is 10.0. The first kappa shape index (κ1) is 25.4. The Morgan fingerprint density at radius 2 is 1.19 bits per heavy atom. The first-order valence-corrected chi connectivity index (χ1v) is 14.4. The van der Waals surface area contributed by atoms with Gasteiger partial charge in [-0.2, -0.15) is 0 Å². The van der Waals surface area contributed by atoms with Crippen LogP contribution < -0.4 is 0 Å². The summed E-state index contributed by atoms with van der Waals surface area (Å²) in [6.45, 7) is 14.0. The van der Waals surface area contributed by atoms with Crippen molar-refractivity contribution in [1.82, 2.24) is 0 Å². The Balaban J connectivity index is 2.55. The molecule has 2 rings (SSSR count). The van der Waals surface area contributed by atoms with E-state index in [4.69, 9.17) is 4.43 Å². The van der Waals surface area contributed by atoms with Crippen molar-refractivity contribution in [2.24, 2.45) is 0 Å². The number of hydrogen-bond acceptors (Lipinski definition) is 4. The van der Waals surface area contributed by atoms with Crippen molar-refractivity contribution in [1.29, 1.82) is 0 Å². The van der Waals surface area contributed by atoms with Gasteiger partial charge in [-0.15, -0.1) is 0 Å². The van der Waals surface area contributed by atoms with Crippen LogP contribution in [0.5, 0.6) is 0 Å². The molecule has 0 saturated carbocycles. The summed E-state index contributed by atoms with van der Waals surface area (Å²) < 4.78 is 19.8. The molecule has 0 fully saturated rings. The minimum Gasteiger partial charge on any atom is -0.424 e. The first-order chi connectivity index (χ1) is 14.5. The third kappa shape index (κ3) is 5.71. The van der Waals surface area contributed by atoms with Gasteiger partial charge in [-0.05, 0) is 83.2 Å². The fourth-order valence-electron chi connectivity index (χ4n) is 4.37. The Hall–Kier alpha value is -1.81. The van der Waals surface area contributed by atoms with E-state index in [-0.39, 0.29) is 6.16 Å². The highest BCUT2D eigenvalue weighted by molar-refractivity contribution is 7.95. The lowest BCUT2D eigenvalue weighted by molar-refractivity contribution is 0.103. The fourth-order valence-corrected chi connectivity index (χ4v) is 8.43. The summed E-state index contributed by atoms with van der Waals surface area (Å²) in [5.74, 6) is 0. The summed E-state index contributed by atoms with van der Waals surface area (Å²) in [7, 11) is -4.56. The second kappa shape index (κ2) is 10.7. The van der Waals surface area contributed by atoms with E-state index in [0.29, 0.717) is 24.2 Å². The van der Waals surface area contributed by atoms with Crippen LogP contribution >= 0.6 is 7.14 Å². The highest BCUT2D eigenvalue weighted by Gasteiger charge is 2.42. The van der Waals surface area contributed by atoms with Crippen LogP contribution in [0.3, 0.4) is 0 Å². The molecule has 0 N–H and O–H groups in total. The van der Waals surface area contributed by atoms with Crippen molar-refractivity contribution in [3.63, 3.8) is 0 Å². The Kier molecular flexibility index (Phi) is 8.76. The summed E-state index contributed by atoms with van der Waals surface area (Å²) in [6.07, 6.45) is 0.666. The van der Waals surface area contributed by atoms with Crippen molar-refractivity contribution >= 4 is 28.0 Å². The molecule has 6 heteroatoms. The van der Waals surface area contributed by atoms with Crippen LogP contribution in [-0.2, 0) is 8.99 Å². The van der Waals surface area contributed by atoms with E-state index in [1.807, 2.05) is 72.7 Å². The minimum absolute atomic E-state index is 0.101. The molecule has 168 valence electrons. The second-order valence-electron chi connectivity index (χ2n) is 8.53. The van der Waals surface area contributed by atoms with Gasteiger partial charge in [-0.25, -0.2) is 0 Å². The fraction of sp³-hybridized carbons (Fsp3) is 0.440. The molecule has 0 saturated heterocycles. The normalized spacial score (nSPS) is 12.0. The summed E-state index contributed by atoms with van der Waals surface area (Å²) in [5.41, 5.74) is 5.07. The van der Waals surface area contributed by atoms with Gasteiger partial charge in [0.05, 0.1) is 0 Å². The number of benzene rings is 2. The van der Waals surface area contributed by atoms with Gasteiger partial charge in [0.25, 0.3) is 0 Å². The molecule has 4 nitrogen and oxygen atoms in total. The first-order valence-electron chi connectivity index (χ1n) is 10.9. The van der Waals surface area contributed by atoms with E-state index in [0.717, 1.165) is 39.4 Å². The summed E-state index contributed by atoms with van der Waals surface area (Å²) >= 11 is 0. The average Bonchev–Trinajstić information content (AvgIpc) is 2.65. The van der Waals surface area contributed by atoms with Gasteiger partial charge in [-0.1, -0.05) is 35.4 Å². The van der Waals surface area contributed by atoms with Crippen molar-refractivity contribution in [2.45, 2.75) is 60.9 Å². The third-order valence-electron chi connectivity index (χ3n) is 5.65. The van der Waals surface area contributed by atoms with Crippen molar-refractivity contribution in [2.75, 3.05) is 12.8 Å². The zero-order valence-corrected chi connectivity index (χ0v) is 22.2. The predicted molar refractivity (Wildman–Crippen MR) is 132 cm³/mol. The molecular weight excluding hydrogens is 423 g/mol. The van der Waals surface area contributed by atoms with E-state index < -0.39 is 28.0 Å². The standard InChI is InChI=1S/C25H35O4PSi/c1-8-29-31-11-9-10-30(28,24(26)22-18(4)12-16(2)13-19(22)5)25(27)23-20(6)14-17(3)15-21(23)7/h12-15H,8-11,31H2,1-7H3. The molecule has 2 aromatic rings. The van der Waals surface area contributed by atoms with Gasteiger partial charge < -0.3 is 8.99 Å². The van der Waals surface area contributed by atoms with Gasteiger partial charge >= 0.3 is 0 Å². The molecule has 0 amide bonds. The Morgan fingerprint density at radius 1 is 0.806 bits per heavy atom. The SMILES string of the molecule is CCO[SiH2]CCCP(=O)(C(=O)c1c(C)cc(C)cc1C)C(=O)c1c(C)cc(C)cc1C. The van der Waals surface area contributed by atoms with E-state index in [2.05, 4.69) is 0 Å². The molecule has 2 aromatic carbocycles. The molecule has 0 aliphatic rings. The van der Waals surface area contributed by atoms with E-state index >= 15 is 0 Å². The Morgan fingerprint density at radius 3 is 1.55 bits per heavy atom. The number of hydrogen-bond donors (Lipinski definition) is 0. The highest BCUT2D eigenvalue weighted by Crippen LogP contribution is 2.54. The predicted octanol–water partition coefficient (Wildman–Crippen LogP) is 5.81. The molecule has 0 radical (unpaired) electrons. The smallest absolute Gasteiger partial charge is 0.229 e. The lowest BCUT2D eigenvalue weighted by Gasteiger charge is -2.21. The molecule has 0 aliphatic carbocycles.